The first-order valence-corrected chi connectivity index (χ1v) is 6.66. The van der Waals surface area contributed by atoms with Crippen LogP contribution in [0, 0.1) is 0 Å². The molecule has 0 aliphatic carbocycles. The lowest BCUT2D eigenvalue weighted by Gasteiger charge is -2.19. The number of halogens is 3. The minimum Gasteiger partial charge on any atom is -0.378 e. The normalized spacial score (nSPS) is 24.8. The van der Waals surface area contributed by atoms with Gasteiger partial charge in [-0.15, -0.1) is 0 Å². The van der Waals surface area contributed by atoms with Crippen molar-refractivity contribution in [1.82, 2.24) is 0 Å². The summed E-state index contributed by atoms with van der Waals surface area (Å²) in [6.45, 7) is 2.85. The van der Waals surface area contributed by atoms with Crippen molar-refractivity contribution in [3.63, 3.8) is 0 Å². The summed E-state index contributed by atoms with van der Waals surface area (Å²) in [6, 6.07) is 4.11. The van der Waals surface area contributed by atoms with Crippen LogP contribution in [0.5, 0.6) is 0 Å². The largest absolute Gasteiger partial charge is 0.378 e. The Hall–Kier alpha value is 0.0400. The Balaban J connectivity index is 2.18. The molecule has 0 radical (unpaired) electrons. The van der Waals surface area contributed by atoms with Gasteiger partial charge in [-0.3, -0.25) is 0 Å². The van der Waals surface area contributed by atoms with Crippen molar-refractivity contribution in [2.45, 2.75) is 25.5 Å². The molecule has 2 nitrogen and oxygen atoms in total. The molecule has 1 N–H and O–H groups in total. The van der Waals surface area contributed by atoms with Crippen molar-refractivity contribution in [2.24, 2.45) is 0 Å². The average Bonchev–Trinajstić information content (AvgIpc) is 2.65. The Kier molecular flexibility index (Phi) is 4.01. The third-order valence-corrected chi connectivity index (χ3v) is 4.52. The second kappa shape index (κ2) is 5.13. The average molecular weight is 325 g/mol. The van der Waals surface area contributed by atoms with Crippen LogP contribution in [-0.4, -0.2) is 18.8 Å². The predicted molar refractivity (Wildman–Crippen MR) is 71.6 cm³/mol. The van der Waals surface area contributed by atoms with Crippen LogP contribution in [0.1, 0.15) is 13.3 Å². The van der Waals surface area contributed by atoms with Gasteiger partial charge in [-0.25, -0.2) is 0 Å². The SMILES string of the molecule is CC1OCCC1Nc1ccc(Br)c(Cl)c1Cl. The molecule has 2 rings (SSSR count). The molecule has 1 aromatic rings. The Morgan fingerprint density at radius 3 is 2.75 bits per heavy atom. The molecule has 0 bridgehead atoms. The smallest absolute Gasteiger partial charge is 0.0835 e. The molecule has 1 aliphatic rings. The second-order valence-corrected chi connectivity index (χ2v) is 5.45. The molecule has 0 amide bonds. The van der Waals surface area contributed by atoms with E-state index >= 15 is 0 Å². The maximum atomic E-state index is 6.16. The standard InChI is InChI=1S/C11H12BrCl2NO/c1-6-8(4-5-16-6)15-9-3-2-7(12)10(13)11(9)14/h2-3,6,8,15H,4-5H2,1H3. The molecule has 0 aromatic heterocycles. The molecule has 5 heteroatoms. The predicted octanol–water partition coefficient (Wildman–Crippen LogP) is 4.35. The van der Waals surface area contributed by atoms with Crippen molar-refractivity contribution in [1.29, 1.82) is 0 Å². The van der Waals surface area contributed by atoms with E-state index in [1.54, 1.807) is 0 Å². The molecule has 1 heterocycles. The maximum Gasteiger partial charge on any atom is 0.0835 e. The highest BCUT2D eigenvalue weighted by Crippen LogP contribution is 2.36. The van der Waals surface area contributed by atoms with E-state index in [1.807, 2.05) is 12.1 Å². The van der Waals surface area contributed by atoms with Gasteiger partial charge in [0.05, 0.1) is 27.9 Å². The van der Waals surface area contributed by atoms with Gasteiger partial charge >= 0.3 is 0 Å². The molecular weight excluding hydrogens is 313 g/mol. The zero-order valence-electron chi connectivity index (χ0n) is 8.77. The van der Waals surface area contributed by atoms with Crippen molar-refractivity contribution >= 4 is 44.8 Å². The summed E-state index contributed by atoms with van der Waals surface area (Å²) >= 11 is 15.5. The summed E-state index contributed by atoms with van der Waals surface area (Å²) < 4.78 is 6.29. The van der Waals surface area contributed by atoms with Crippen LogP contribution in [0.3, 0.4) is 0 Å². The molecule has 1 aliphatic heterocycles. The van der Waals surface area contributed by atoms with Crippen LogP contribution < -0.4 is 5.32 Å². The van der Waals surface area contributed by atoms with E-state index in [-0.39, 0.29) is 6.10 Å². The van der Waals surface area contributed by atoms with E-state index in [0.717, 1.165) is 23.2 Å². The van der Waals surface area contributed by atoms with Crippen LogP contribution in [0.4, 0.5) is 5.69 Å². The Labute approximate surface area is 113 Å². The molecule has 16 heavy (non-hydrogen) atoms. The minimum atomic E-state index is 0.207. The van der Waals surface area contributed by atoms with Crippen LogP contribution in [0.25, 0.3) is 0 Å². The Morgan fingerprint density at radius 1 is 1.38 bits per heavy atom. The highest BCUT2D eigenvalue weighted by Gasteiger charge is 2.24. The summed E-state index contributed by atoms with van der Waals surface area (Å²) in [7, 11) is 0. The summed E-state index contributed by atoms with van der Waals surface area (Å²) in [6.07, 6.45) is 1.20. The van der Waals surface area contributed by atoms with Gasteiger partial charge in [-0.05, 0) is 41.4 Å². The van der Waals surface area contributed by atoms with Crippen molar-refractivity contribution in [3.8, 4) is 0 Å². The van der Waals surface area contributed by atoms with E-state index in [2.05, 4.69) is 28.2 Å². The van der Waals surface area contributed by atoms with Crippen molar-refractivity contribution < 1.29 is 4.74 Å². The fraction of sp³-hybridized carbons (Fsp3) is 0.455. The Morgan fingerprint density at radius 2 is 2.12 bits per heavy atom. The van der Waals surface area contributed by atoms with Gasteiger partial charge < -0.3 is 10.1 Å². The lowest BCUT2D eigenvalue weighted by atomic mass is 10.1. The lowest BCUT2D eigenvalue weighted by molar-refractivity contribution is 0.121. The summed E-state index contributed by atoms with van der Waals surface area (Å²) in [4.78, 5) is 0. The highest BCUT2D eigenvalue weighted by molar-refractivity contribution is 9.10. The number of ether oxygens (including phenoxy) is 1. The number of benzene rings is 1. The molecule has 88 valence electrons. The van der Waals surface area contributed by atoms with Gasteiger partial charge in [0.2, 0.25) is 0 Å². The second-order valence-electron chi connectivity index (χ2n) is 3.84. The molecule has 2 unspecified atom stereocenters. The molecule has 1 saturated heterocycles. The van der Waals surface area contributed by atoms with Crippen LogP contribution in [0.2, 0.25) is 10.0 Å². The number of rotatable bonds is 2. The van der Waals surface area contributed by atoms with Crippen LogP contribution in [0.15, 0.2) is 16.6 Å². The van der Waals surface area contributed by atoms with E-state index in [1.165, 1.54) is 0 Å². The molecule has 0 spiro atoms. The van der Waals surface area contributed by atoms with E-state index in [4.69, 9.17) is 27.9 Å². The third-order valence-electron chi connectivity index (χ3n) is 2.75. The first-order chi connectivity index (χ1) is 7.59. The zero-order chi connectivity index (χ0) is 11.7. The van der Waals surface area contributed by atoms with Gasteiger partial charge in [0, 0.05) is 11.1 Å². The molecule has 2 atom stereocenters. The van der Waals surface area contributed by atoms with Gasteiger partial charge in [-0.1, -0.05) is 23.2 Å². The van der Waals surface area contributed by atoms with Crippen LogP contribution >= 0.6 is 39.1 Å². The first kappa shape index (κ1) is 12.5. The Bertz CT molecular complexity index is 400. The first-order valence-electron chi connectivity index (χ1n) is 5.11. The molecular formula is C11H12BrCl2NO. The molecule has 0 saturated carbocycles. The summed E-state index contributed by atoms with van der Waals surface area (Å²) in [5.41, 5.74) is 0.859. The van der Waals surface area contributed by atoms with Gasteiger partial charge in [0.1, 0.15) is 0 Å². The molecule has 1 fully saturated rings. The quantitative estimate of drug-likeness (QED) is 0.817. The molecule has 1 aromatic carbocycles. The van der Waals surface area contributed by atoms with E-state index < -0.39 is 0 Å². The minimum absolute atomic E-state index is 0.207. The highest BCUT2D eigenvalue weighted by atomic mass is 79.9. The zero-order valence-corrected chi connectivity index (χ0v) is 11.9. The van der Waals surface area contributed by atoms with Gasteiger partial charge in [0.25, 0.3) is 0 Å². The maximum absolute atomic E-state index is 6.16. The third kappa shape index (κ3) is 2.48. The van der Waals surface area contributed by atoms with Crippen LogP contribution in [-0.2, 0) is 4.74 Å². The fourth-order valence-corrected chi connectivity index (χ4v) is 2.59. The summed E-state index contributed by atoms with van der Waals surface area (Å²) in [5.74, 6) is 0. The number of nitrogens with one attached hydrogen (secondary N) is 1. The van der Waals surface area contributed by atoms with E-state index in [9.17, 15) is 0 Å². The monoisotopic (exact) mass is 323 g/mol. The van der Waals surface area contributed by atoms with Gasteiger partial charge in [-0.2, -0.15) is 0 Å². The number of hydrogen-bond donors (Lipinski definition) is 1. The lowest BCUT2D eigenvalue weighted by Crippen LogP contribution is -2.26. The van der Waals surface area contributed by atoms with Crippen molar-refractivity contribution in [3.05, 3.63) is 26.7 Å². The summed E-state index contributed by atoms with van der Waals surface area (Å²) in [5, 5.41) is 4.46. The number of anilines is 1. The topological polar surface area (TPSA) is 21.3 Å². The van der Waals surface area contributed by atoms with E-state index in [0.29, 0.717) is 16.1 Å². The van der Waals surface area contributed by atoms with Gasteiger partial charge in [0.15, 0.2) is 0 Å². The number of hydrogen-bond acceptors (Lipinski definition) is 2. The van der Waals surface area contributed by atoms with Crippen molar-refractivity contribution in [2.75, 3.05) is 11.9 Å². The fourth-order valence-electron chi connectivity index (χ4n) is 1.76.